The van der Waals surface area contributed by atoms with E-state index in [9.17, 15) is 18.3 Å². The SMILES string of the molecule is Oc1cc2c(c3ccccc13)C(C(Cl)C(F)(F)F)CN2. The Hall–Kier alpha value is -1.62. The van der Waals surface area contributed by atoms with Gasteiger partial charge in [0.1, 0.15) is 11.1 Å². The molecule has 0 saturated heterocycles. The smallest absolute Gasteiger partial charge is 0.405 e. The van der Waals surface area contributed by atoms with Gasteiger partial charge in [-0.05, 0) is 10.9 Å². The van der Waals surface area contributed by atoms with Crippen LogP contribution in [0.25, 0.3) is 10.8 Å². The third kappa shape index (κ3) is 1.97. The molecule has 2 N–H and O–H groups in total. The zero-order valence-corrected chi connectivity index (χ0v) is 11.0. The number of nitrogens with one attached hydrogen (secondary N) is 1. The molecule has 1 aliphatic rings. The first-order chi connectivity index (χ1) is 9.39. The highest BCUT2D eigenvalue weighted by atomic mass is 35.5. The van der Waals surface area contributed by atoms with Gasteiger partial charge in [0.25, 0.3) is 0 Å². The van der Waals surface area contributed by atoms with E-state index in [1.165, 1.54) is 6.07 Å². The standard InChI is InChI=1S/C14H11ClF3NO/c15-13(14(16,17)18)9-6-19-10-5-11(20)7-3-1-2-4-8(7)12(9)10/h1-5,9,13,19-20H,6H2. The van der Waals surface area contributed by atoms with Crippen molar-refractivity contribution in [1.82, 2.24) is 0 Å². The molecule has 0 aliphatic carbocycles. The van der Waals surface area contributed by atoms with Gasteiger partial charge >= 0.3 is 6.18 Å². The molecule has 0 saturated carbocycles. The van der Waals surface area contributed by atoms with Crippen LogP contribution in [-0.2, 0) is 0 Å². The fraction of sp³-hybridized carbons (Fsp3) is 0.286. The van der Waals surface area contributed by atoms with Crippen LogP contribution in [-0.4, -0.2) is 23.2 Å². The lowest BCUT2D eigenvalue weighted by Crippen LogP contribution is -2.31. The maximum Gasteiger partial charge on any atom is 0.405 e. The quantitative estimate of drug-likeness (QED) is 0.773. The molecule has 0 bridgehead atoms. The van der Waals surface area contributed by atoms with Gasteiger partial charge in [0.05, 0.1) is 0 Å². The van der Waals surface area contributed by atoms with E-state index < -0.39 is 17.5 Å². The van der Waals surface area contributed by atoms with Crippen molar-refractivity contribution in [3.63, 3.8) is 0 Å². The monoisotopic (exact) mass is 301 g/mol. The number of aromatic hydroxyl groups is 1. The number of benzene rings is 2. The molecule has 6 heteroatoms. The van der Waals surface area contributed by atoms with Crippen molar-refractivity contribution in [2.24, 2.45) is 0 Å². The fourth-order valence-electron chi connectivity index (χ4n) is 2.72. The fourth-order valence-corrected chi connectivity index (χ4v) is 2.94. The van der Waals surface area contributed by atoms with Crippen molar-refractivity contribution in [2.45, 2.75) is 17.5 Å². The third-order valence-corrected chi connectivity index (χ3v) is 4.17. The number of phenols is 1. The van der Waals surface area contributed by atoms with Gasteiger partial charge in [0.15, 0.2) is 0 Å². The molecule has 0 aromatic heterocycles. The minimum atomic E-state index is -4.46. The highest BCUT2D eigenvalue weighted by Crippen LogP contribution is 2.47. The molecular formula is C14H11ClF3NO. The molecule has 3 rings (SSSR count). The Morgan fingerprint density at radius 1 is 1.25 bits per heavy atom. The second-order valence-electron chi connectivity index (χ2n) is 4.83. The van der Waals surface area contributed by atoms with Crippen LogP contribution in [0.1, 0.15) is 11.5 Å². The number of halogens is 4. The largest absolute Gasteiger partial charge is 0.507 e. The van der Waals surface area contributed by atoms with E-state index >= 15 is 0 Å². The molecule has 2 aromatic carbocycles. The Balaban J connectivity index is 2.20. The highest BCUT2D eigenvalue weighted by Gasteiger charge is 2.46. The minimum Gasteiger partial charge on any atom is -0.507 e. The average molecular weight is 302 g/mol. The van der Waals surface area contributed by atoms with Crippen LogP contribution < -0.4 is 5.32 Å². The number of hydrogen-bond donors (Lipinski definition) is 2. The van der Waals surface area contributed by atoms with Crippen molar-refractivity contribution in [2.75, 3.05) is 11.9 Å². The molecule has 20 heavy (non-hydrogen) atoms. The van der Waals surface area contributed by atoms with Crippen LogP contribution in [0.2, 0.25) is 0 Å². The molecule has 2 atom stereocenters. The van der Waals surface area contributed by atoms with Gasteiger partial charge in [0, 0.05) is 29.6 Å². The van der Waals surface area contributed by atoms with Crippen molar-refractivity contribution in [1.29, 1.82) is 0 Å². The maximum atomic E-state index is 12.9. The van der Waals surface area contributed by atoms with Gasteiger partial charge in [-0.2, -0.15) is 13.2 Å². The maximum absolute atomic E-state index is 12.9. The van der Waals surface area contributed by atoms with Crippen molar-refractivity contribution < 1.29 is 18.3 Å². The lowest BCUT2D eigenvalue weighted by Gasteiger charge is -2.21. The zero-order chi connectivity index (χ0) is 14.5. The van der Waals surface area contributed by atoms with Gasteiger partial charge in [-0.25, -0.2) is 0 Å². The summed E-state index contributed by atoms with van der Waals surface area (Å²) in [4.78, 5) is 0. The first kappa shape index (κ1) is 13.4. The minimum absolute atomic E-state index is 0.0469. The molecule has 106 valence electrons. The number of anilines is 1. The van der Waals surface area contributed by atoms with Gasteiger partial charge in [0.2, 0.25) is 0 Å². The van der Waals surface area contributed by atoms with E-state index in [4.69, 9.17) is 11.6 Å². The number of hydrogen-bond acceptors (Lipinski definition) is 2. The Morgan fingerprint density at radius 3 is 2.55 bits per heavy atom. The molecular weight excluding hydrogens is 291 g/mol. The topological polar surface area (TPSA) is 32.3 Å². The Morgan fingerprint density at radius 2 is 1.90 bits per heavy atom. The van der Waals surface area contributed by atoms with E-state index in [2.05, 4.69) is 5.32 Å². The number of rotatable bonds is 1. The van der Waals surface area contributed by atoms with Crippen molar-refractivity contribution >= 4 is 28.1 Å². The van der Waals surface area contributed by atoms with Crippen molar-refractivity contribution in [3.05, 3.63) is 35.9 Å². The van der Waals surface area contributed by atoms with Crippen molar-refractivity contribution in [3.8, 4) is 5.75 Å². The second kappa shape index (κ2) is 4.45. The summed E-state index contributed by atoms with van der Waals surface area (Å²) in [6.45, 7) is 0.108. The summed E-state index contributed by atoms with van der Waals surface area (Å²) in [6.07, 6.45) is -4.46. The normalized spacial score (nSPS) is 19.7. The first-order valence-corrected chi connectivity index (χ1v) is 6.52. The third-order valence-electron chi connectivity index (χ3n) is 3.61. The van der Waals surface area contributed by atoms with E-state index in [0.717, 1.165) is 0 Å². The number of alkyl halides is 4. The molecule has 2 nitrogen and oxygen atoms in total. The molecule has 0 spiro atoms. The molecule has 0 radical (unpaired) electrons. The summed E-state index contributed by atoms with van der Waals surface area (Å²) in [5.41, 5.74) is 1.04. The summed E-state index contributed by atoms with van der Waals surface area (Å²) >= 11 is 5.60. The lowest BCUT2D eigenvalue weighted by molar-refractivity contribution is -0.133. The molecule has 0 amide bonds. The van der Waals surface area contributed by atoms with Crippen LogP contribution >= 0.6 is 11.6 Å². The lowest BCUT2D eigenvalue weighted by atomic mass is 9.91. The first-order valence-electron chi connectivity index (χ1n) is 6.09. The van der Waals surface area contributed by atoms with Gasteiger partial charge in [-0.1, -0.05) is 24.3 Å². The van der Waals surface area contributed by atoms with Crippen LogP contribution in [0.3, 0.4) is 0 Å². The molecule has 1 heterocycles. The molecule has 1 aliphatic heterocycles. The summed E-state index contributed by atoms with van der Waals surface area (Å²) in [5, 5.41) is 12.0. The Labute approximate surface area is 118 Å². The average Bonchev–Trinajstić information content (AvgIpc) is 2.80. The van der Waals surface area contributed by atoms with Gasteiger partial charge in [-0.3, -0.25) is 0 Å². The molecule has 0 fully saturated rings. The summed E-state index contributed by atoms with van der Waals surface area (Å²) in [6, 6.07) is 8.30. The number of phenolic OH excluding ortho intramolecular Hbond substituents is 1. The molecule has 2 aromatic rings. The number of fused-ring (bicyclic) bond motifs is 3. The van der Waals surface area contributed by atoms with Gasteiger partial charge in [-0.15, -0.1) is 11.6 Å². The summed E-state index contributed by atoms with van der Waals surface area (Å²) in [5.74, 6) is -0.817. The van der Waals surface area contributed by atoms with E-state index in [-0.39, 0.29) is 12.3 Å². The van der Waals surface area contributed by atoms with Gasteiger partial charge < -0.3 is 10.4 Å². The second-order valence-corrected chi connectivity index (χ2v) is 5.30. The summed E-state index contributed by atoms with van der Waals surface area (Å²) in [7, 11) is 0. The van der Waals surface area contributed by atoms with E-state index in [1.807, 2.05) is 0 Å². The van der Waals surface area contributed by atoms with Crippen LogP contribution in [0.15, 0.2) is 30.3 Å². The predicted molar refractivity (Wildman–Crippen MR) is 72.5 cm³/mol. The zero-order valence-electron chi connectivity index (χ0n) is 10.2. The van der Waals surface area contributed by atoms with Crippen LogP contribution in [0.5, 0.6) is 5.75 Å². The van der Waals surface area contributed by atoms with Crippen LogP contribution in [0.4, 0.5) is 18.9 Å². The Kier molecular flexibility index (Phi) is 2.97. The van der Waals surface area contributed by atoms with E-state index in [0.29, 0.717) is 22.0 Å². The van der Waals surface area contributed by atoms with E-state index in [1.54, 1.807) is 24.3 Å². The Bertz CT molecular complexity index is 671. The summed E-state index contributed by atoms with van der Waals surface area (Å²) < 4.78 is 38.6. The highest BCUT2D eigenvalue weighted by molar-refractivity contribution is 6.22. The van der Waals surface area contributed by atoms with Crippen LogP contribution in [0, 0.1) is 0 Å². The molecule has 2 unspecified atom stereocenters. The predicted octanol–water partition coefficient (Wildman–Crippen LogP) is 4.22.